The summed E-state index contributed by atoms with van der Waals surface area (Å²) in [5.74, 6) is -0.184. The van der Waals surface area contributed by atoms with E-state index in [2.05, 4.69) is 9.88 Å². The molecule has 5 heteroatoms. The van der Waals surface area contributed by atoms with Crippen molar-refractivity contribution in [1.82, 2.24) is 14.8 Å². The van der Waals surface area contributed by atoms with Crippen LogP contribution in [0.2, 0.25) is 0 Å². The number of carbonyl (C=O) groups excluding carboxylic acids is 1. The van der Waals surface area contributed by atoms with Crippen molar-refractivity contribution in [3.05, 3.63) is 24.0 Å². The van der Waals surface area contributed by atoms with Gasteiger partial charge in [0.15, 0.2) is 5.69 Å². The molecule has 2 fully saturated rings. The monoisotopic (exact) mass is 247 g/mol. The number of nitrogens with zero attached hydrogens (tertiary/aromatic N) is 3. The van der Waals surface area contributed by atoms with Gasteiger partial charge < -0.3 is 10.0 Å². The van der Waals surface area contributed by atoms with Crippen molar-refractivity contribution in [3.63, 3.8) is 0 Å². The molecule has 2 aliphatic rings. The summed E-state index contributed by atoms with van der Waals surface area (Å²) in [6.45, 7) is 3.58. The Labute approximate surface area is 106 Å². The van der Waals surface area contributed by atoms with Gasteiger partial charge in [-0.3, -0.25) is 9.69 Å². The molecule has 0 spiro atoms. The predicted octanol–water partition coefficient (Wildman–Crippen LogP) is 0.707. The third kappa shape index (κ3) is 1.95. The van der Waals surface area contributed by atoms with Crippen molar-refractivity contribution in [2.75, 3.05) is 26.2 Å². The second-order valence-electron chi connectivity index (χ2n) is 4.95. The first-order chi connectivity index (χ1) is 8.75. The molecule has 0 bridgehead atoms. The fourth-order valence-electron chi connectivity index (χ4n) is 2.89. The number of fused-ring (bicyclic) bond motifs is 1. The lowest BCUT2D eigenvalue weighted by Gasteiger charge is -2.37. The van der Waals surface area contributed by atoms with Crippen LogP contribution in [0.25, 0.3) is 0 Å². The van der Waals surface area contributed by atoms with Crippen molar-refractivity contribution >= 4 is 5.91 Å². The average Bonchev–Trinajstić information content (AvgIpc) is 2.85. The molecule has 96 valence electrons. The first-order valence-electron chi connectivity index (χ1n) is 6.43. The summed E-state index contributed by atoms with van der Waals surface area (Å²) in [7, 11) is 0. The molecule has 1 N–H and O–H groups in total. The standard InChI is InChI=1S/C13H17N3O2/c17-11-4-1-5-14-12(11)13(18)16-8-7-15-6-2-3-10(15)9-16/h1,4-5,10,17H,2-3,6-9H2. The van der Waals surface area contributed by atoms with Gasteiger partial charge in [-0.05, 0) is 31.5 Å². The van der Waals surface area contributed by atoms with E-state index in [1.807, 2.05) is 4.90 Å². The first kappa shape index (κ1) is 11.5. The van der Waals surface area contributed by atoms with Crippen LogP contribution < -0.4 is 0 Å². The Balaban J connectivity index is 1.75. The van der Waals surface area contributed by atoms with Crippen LogP contribution in [0.5, 0.6) is 5.75 Å². The number of hydrogen-bond acceptors (Lipinski definition) is 4. The molecule has 1 atom stereocenters. The molecule has 0 aliphatic carbocycles. The number of aromatic hydroxyl groups is 1. The zero-order valence-electron chi connectivity index (χ0n) is 10.2. The van der Waals surface area contributed by atoms with E-state index in [4.69, 9.17) is 0 Å². The third-order valence-electron chi connectivity index (χ3n) is 3.86. The second kappa shape index (κ2) is 4.57. The smallest absolute Gasteiger partial charge is 0.276 e. The molecule has 3 rings (SSSR count). The van der Waals surface area contributed by atoms with Gasteiger partial charge in [0.1, 0.15) is 5.75 Å². The molecule has 0 aromatic carbocycles. The van der Waals surface area contributed by atoms with Gasteiger partial charge in [-0.25, -0.2) is 4.98 Å². The summed E-state index contributed by atoms with van der Waals surface area (Å²) in [6, 6.07) is 3.63. The van der Waals surface area contributed by atoms with Crippen molar-refractivity contribution in [2.24, 2.45) is 0 Å². The first-order valence-corrected chi connectivity index (χ1v) is 6.43. The summed E-state index contributed by atoms with van der Waals surface area (Å²) in [6.07, 6.45) is 3.93. The lowest BCUT2D eigenvalue weighted by atomic mass is 10.1. The van der Waals surface area contributed by atoms with Crippen LogP contribution in [-0.4, -0.2) is 58.0 Å². The minimum absolute atomic E-state index is 0.0312. The van der Waals surface area contributed by atoms with Gasteiger partial charge in [-0.2, -0.15) is 0 Å². The van der Waals surface area contributed by atoms with Gasteiger partial charge in [0.2, 0.25) is 0 Å². The quantitative estimate of drug-likeness (QED) is 0.794. The van der Waals surface area contributed by atoms with Crippen LogP contribution in [-0.2, 0) is 0 Å². The Bertz CT molecular complexity index is 463. The van der Waals surface area contributed by atoms with Crippen LogP contribution in [0, 0.1) is 0 Å². The topological polar surface area (TPSA) is 56.7 Å². The maximum absolute atomic E-state index is 12.3. The van der Waals surface area contributed by atoms with Gasteiger partial charge in [-0.15, -0.1) is 0 Å². The molecule has 2 aliphatic heterocycles. The fraction of sp³-hybridized carbons (Fsp3) is 0.538. The molecule has 2 saturated heterocycles. The molecule has 0 saturated carbocycles. The fourth-order valence-corrected chi connectivity index (χ4v) is 2.89. The predicted molar refractivity (Wildman–Crippen MR) is 66.4 cm³/mol. The Hall–Kier alpha value is -1.62. The van der Waals surface area contributed by atoms with E-state index in [0.29, 0.717) is 6.04 Å². The molecule has 1 unspecified atom stereocenters. The maximum atomic E-state index is 12.3. The van der Waals surface area contributed by atoms with E-state index in [9.17, 15) is 9.90 Å². The Morgan fingerprint density at radius 1 is 1.39 bits per heavy atom. The molecule has 5 nitrogen and oxygen atoms in total. The van der Waals surface area contributed by atoms with E-state index >= 15 is 0 Å². The lowest BCUT2D eigenvalue weighted by Crippen LogP contribution is -2.52. The largest absolute Gasteiger partial charge is 0.505 e. The van der Waals surface area contributed by atoms with Crippen LogP contribution in [0.15, 0.2) is 18.3 Å². The highest BCUT2D eigenvalue weighted by Crippen LogP contribution is 2.23. The molecule has 3 heterocycles. The summed E-state index contributed by atoms with van der Waals surface area (Å²) >= 11 is 0. The van der Waals surface area contributed by atoms with Gasteiger partial charge in [-0.1, -0.05) is 0 Å². The van der Waals surface area contributed by atoms with Gasteiger partial charge >= 0.3 is 0 Å². The molecular formula is C13H17N3O2. The molecular weight excluding hydrogens is 230 g/mol. The summed E-state index contributed by atoms with van der Waals surface area (Å²) in [5.41, 5.74) is 0.170. The number of aromatic nitrogens is 1. The van der Waals surface area contributed by atoms with Crippen LogP contribution >= 0.6 is 0 Å². The number of piperazine rings is 1. The zero-order chi connectivity index (χ0) is 12.5. The van der Waals surface area contributed by atoms with E-state index in [1.165, 1.54) is 12.5 Å². The van der Waals surface area contributed by atoms with Crippen molar-refractivity contribution in [2.45, 2.75) is 18.9 Å². The second-order valence-corrected chi connectivity index (χ2v) is 4.95. The third-order valence-corrected chi connectivity index (χ3v) is 3.86. The van der Waals surface area contributed by atoms with Gasteiger partial charge in [0.05, 0.1) is 0 Å². The SMILES string of the molecule is O=C(c1ncccc1O)N1CCN2CCCC2C1. The van der Waals surface area contributed by atoms with Crippen LogP contribution in [0.4, 0.5) is 0 Å². The number of amides is 1. The molecule has 18 heavy (non-hydrogen) atoms. The average molecular weight is 247 g/mol. The zero-order valence-corrected chi connectivity index (χ0v) is 10.2. The molecule has 1 aromatic heterocycles. The van der Waals surface area contributed by atoms with Crippen molar-refractivity contribution in [1.29, 1.82) is 0 Å². The number of rotatable bonds is 1. The van der Waals surface area contributed by atoms with E-state index in [1.54, 1.807) is 12.3 Å². The van der Waals surface area contributed by atoms with E-state index < -0.39 is 0 Å². The Kier molecular flexibility index (Phi) is 2.91. The summed E-state index contributed by atoms with van der Waals surface area (Å²) in [5, 5.41) is 9.68. The minimum Gasteiger partial charge on any atom is -0.505 e. The van der Waals surface area contributed by atoms with Gasteiger partial charge in [0.25, 0.3) is 5.91 Å². The van der Waals surface area contributed by atoms with E-state index in [0.717, 1.165) is 32.6 Å². The number of pyridine rings is 1. The van der Waals surface area contributed by atoms with Crippen LogP contribution in [0.3, 0.4) is 0 Å². The maximum Gasteiger partial charge on any atom is 0.276 e. The number of carbonyl (C=O) groups is 1. The normalized spacial score (nSPS) is 24.0. The van der Waals surface area contributed by atoms with Crippen LogP contribution in [0.1, 0.15) is 23.3 Å². The molecule has 1 aromatic rings. The summed E-state index contributed by atoms with van der Waals surface area (Å²) in [4.78, 5) is 20.5. The number of hydrogen-bond donors (Lipinski definition) is 1. The highest BCUT2D eigenvalue weighted by Gasteiger charge is 2.33. The Morgan fingerprint density at radius 2 is 2.28 bits per heavy atom. The highest BCUT2D eigenvalue weighted by molar-refractivity contribution is 5.94. The van der Waals surface area contributed by atoms with Gasteiger partial charge in [0, 0.05) is 31.9 Å². The molecule has 0 radical (unpaired) electrons. The molecule has 1 amide bonds. The highest BCUT2D eigenvalue weighted by atomic mass is 16.3. The minimum atomic E-state index is -0.153. The lowest BCUT2D eigenvalue weighted by molar-refractivity contribution is 0.0562. The Morgan fingerprint density at radius 3 is 3.11 bits per heavy atom. The van der Waals surface area contributed by atoms with Crippen molar-refractivity contribution < 1.29 is 9.90 Å². The summed E-state index contributed by atoms with van der Waals surface area (Å²) < 4.78 is 0. The van der Waals surface area contributed by atoms with E-state index in [-0.39, 0.29) is 17.4 Å². The van der Waals surface area contributed by atoms with Crippen molar-refractivity contribution in [3.8, 4) is 5.75 Å².